The van der Waals surface area contributed by atoms with E-state index in [4.69, 9.17) is 4.74 Å². The molecule has 0 amide bonds. The molecule has 0 saturated carbocycles. The van der Waals surface area contributed by atoms with Crippen molar-refractivity contribution >= 4 is 0 Å². The first kappa shape index (κ1) is 14.2. The van der Waals surface area contributed by atoms with Crippen molar-refractivity contribution in [2.24, 2.45) is 0 Å². The molecule has 112 valence electrons. The maximum atomic E-state index is 5.47. The SMILES string of the molecule is CC[C@@](C)(c1nnnn1-c1ccccc1)N1CCOCC1. The maximum absolute atomic E-state index is 5.47. The lowest BCUT2D eigenvalue weighted by atomic mass is 9.94. The Morgan fingerprint density at radius 3 is 2.57 bits per heavy atom. The van der Waals surface area contributed by atoms with E-state index >= 15 is 0 Å². The van der Waals surface area contributed by atoms with Crippen molar-refractivity contribution in [2.45, 2.75) is 25.8 Å². The molecule has 1 aliphatic heterocycles. The second-order valence-electron chi connectivity index (χ2n) is 5.48. The van der Waals surface area contributed by atoms with Gasteiger partial charge in [-0.3, -0.25) is 4.90 Å². The first-order valence-corrected chi connectivity index (χ1v) is 7.43. The normalized spacial score (nSPS) is 19.3. The Morgan fingerprint density at radius 1 is 1.19 bits per heavy atom. The fourth-order valence-corrected chi connectivity index (χ4v) is 2.85. The second-order valence-corrected chi connectivity index (χ2v) is 5.48. The highest BCUT2D eigenvalue weighted by atomic mass is 16.5. The van der Waals surface area contributed by atoms with Crippen molar-refractivity contribution in [3.05, 3.63) is 36.2 Å². The summed E-state index contributed by atoms with van der Waals surface area (Å²) in [5.74, 6) is 0.887. The molecular weight excluding hydrogens is 266 g/mol. The fourth-order valence-electron chi connectivity index (χ4n) is 2.85. The van der Waals surface area contributed by atoms with Crippen LogP contribution in [0.2, 0.25) is 0 Å². The van der Waals surface area contributed by atoms with Crippen molar-refractivity contribution in [1.29, 1.82) is 0 Å². The number of rotatable bonds is 4. The zero-order chi connectivity index (χ0) is 14.7. The molecule has 2 aromatic rings. The van der Waals surface area contributed by atoms with E-state index in [1.165, 1.54) is 0 Å². The van der Waals surface area contributed by atoms with Crippen molar-refractivity contribution in [3.63, 3.8) is 0 Å². The van der Waals surface area contributed by atoms with Gasteiger partial charge in [-0.1, -0.05) is 25.1 Å². The molecule has 3 rings (SSSR count). The van der Waals surface area contributed by atoms with Gasteiger partial charge in [-0.15, -0.1) is 5.10 Å². The number of nitrogens with zero attached hydrogens (tertiary/aromatic N) is 5. The average Bonchev–Trinajstić information content (AvgIpc) is 3.06. The summed E-state index contributed by atoms with van der Waals surface area (Å²) in [7, 11) is 0. The minimum atomic E-state index is -0.191. The highest BCUT2D eigenvalue weighted by Gasteiger charge is 2.38. The van der Waals surface area contributed by atoms with E-state index < -0.39 is 0 Å². The molecule has 1 atom stereocenters. The van der Waals surface area contributed by atoms with Gasteiger partial charge in [0.05, 0.1) is 24.4 Å². The molecule has 2 heterocycles. The van der Waals surface area contributed by atoms with Crippen LogP contribution in [-0.4, -0.2) is 51.4 Å². The summed E-state index contributed by atoms with van der Waals surface area (Å²) < 4.78 is 7.32. The van der Waals surface area contributed by atoms with Gasteiger partial charge in [0.1, 0.15) is 0 Å². The Kier molecular flexibility index (Phi) is 3.98. The molecule has 1 aliphatic rings. The third-order valence-corrected chi connectivity index (χ3v) is 4.35. The monoisotopic (exact) mass is 287 g/mol. The van der Waals surface area contributed by atoms with Crippen LogP contribution in [-0.2, 0) is 10.3 Å². The van der Waals surface area contributed by atoms with E-state index in [-0.39, 0.29) is 5.54 Å². The first-order chi connectivity index (χ1) is 10.3. The number of hydrogen-bond donors (Lipinski definition) is 0. The van der Waals surface area contributed by atoms with Crippen LogP contribution < -0.4 is 0 Å². The van der Waals surface area contributed by atoms with E-state index in [0.717, 1.165) is 44.2 Å². The van der Waals surface area contributed by atoms with Crippen LogP contribution in [0, 0.1) is 0 Å². The smallest absolute Gasteiger partial charge is 0.176 e. The van der Waals surface area contributed by atoms with Gasteiger partial charge in [0.25, 0.3) is 0 Å². The molecule has 1 saturated heterocycles. The summed E-state index contributed by atoms with van der Waals surface area (Å²) in [5.41, 5.74) is 0.800. The number of aromatic nitrogens is 4. The Labute approximate surface area is 124 Å². The Bertz CT molecular complexity index is 579. The lowest BCUT2D eigenvalue weighted by Crippen LogP contribution is -2.50. The number of tetrazole rings is 1. The number of hydrogen-bond acceptors (Lipinski definition) is 5. The largest absolute Gasteiger partial charge is 0.379 e. The molecule has 1 fully saturated rings. The van der Waals surface area contributed by atoms with E-state index in [1.54, 1.807) is 0 Å². The van der Waals surface area contributed by atoms with Gasteiger partial charge in [0.2, 0.25) is 0 Å². The molecular formula is C15H21N5O. The van der Waals surface area contributed by atoms with E-state index in [2.05, 4.69) is 34.3 Å². The third kappa shape index (κ3) is 2.56. The van der Waals surface area contributed by atoms with Gasteiger partial charge < -0.3 is 4.74 Å². The summed E-state index contributed by atoms with van der Waals surface area (Å²) in [4.78, 5) is 2.42. The molecule has 21 heavy (non-hydrogen) atoms. The number of morpholine rings is 1. The summed E-state index contributed by atoms with van der Waals surface area (Å²) >= 11 is 0. The lowest BCUT2D eigenvalue weighted by Gasteiger charge is -2.41. The zero-order valence-electron chi connectivity index (χ0n) is 12.6. The Morgan fingerprint density at radius 2 is 1.90 bits per heavy atom. The van der Waals surface area contributed by atoms with Crippen LogP contribution in [0.3, 0.4) is 0 Å². The third-order valence-electron chi connectivity index (χ3n) is 4.35. The molecule has 0 unspecified atom stereocenters. The highest BCUT2D eigenvalue weighted by Crippen LogP contribution is 2.31. The summed E-state index contributed by atoms with van der Waals surface area (Å²) in [6.07, 6.45) is 0.945. The van der Waals surface area contributed by atoms with Crippen LogP contribution in [0.4, 0.5) is 0 Å². The minimum absolute atomic E-state index is 0.191. The molecule has 0 bridgehead atoms. The van der Waals surface area contributed by atoms with Gasteiger partial charge in [0.15, 0.2) is 5.82 Å². The molecule has 0 spiro atoms. The number of benzene rings is 1. The van der Waals surface area contributed by atoms with Crippen LogP contribution in [0.5, 0.6) is 0 Å². The molecule has 6 heteroatoms. The standard InChI is InChI=1S/C15H21N5O/c1-3-15(2,19-9-11-21-12-10-19)14-16-17-18-20(14)13-7-5-4-6-8-13/h4-8H,3,9-12H2,1-2H3/t15-/m0/s1. The fraction of sp³-hybridized carbons (Fsp3) is 0.533. The number of para-hydroxylation sites is 1. The molecule has 6 nitrogen and oxygen atoms in total. The van der Waals surface area contributed by atoms with Gasteiger partial charge >= 0.3 is 0 Å². The Balaban J connectivity index is 2.00. The average molecular weight is 287 g/mol. The lowest BCUT2D eigenvalue weighted by molar-refractivity contribution is -0.0240. The van der Waals surface area contributed by atoms with Crippen molar-refractivity contribution in [1.82, 2.24) is 25.1 Å². The van der Waals surface area contributed by atoms with Gasteiger partial charge in [-0.05, 0) is 35.9 Å². The maximum Gasteiger partial charge on any atom is 0.176 e. The predicted molar refractivity (Wildman–Crippen MR) is 79.2 cm³/mol. The summed E-state index contributed by atoms with van der Waals surface area (Å²) in [6, 6.07) is 10.0. The van der Waals surface area contributed by atoms with E-state index in [9.17, 15) is 0 Å². The molecule has 0 radical (unpaired) electrons. The van der Waals surface area contributed by atoms with Crippen molar-refractivity contribution in [3.8, 4) is 5.69 Å². The van der Waals surface area contributed by atoms with E-state index in [1.807, 2.05) is 35.0 Å². The van der Waals surface area contributed by atoms with Gasteiger partial charge in [0, 0.05) is 13.1 Å². The second kappa shape index (κ2) is 5.91. The van der Waals surface area contributed by atoms with Gasteiger partial charge in [-0.2, -0.15) is 4.68 Å². The van der Waals surface area contributed by atoms with Crippen molar-refractivity contribution in [2.75, 3.05) is 26.3 Å². The van der Waals surface area contributed by atoms with Crippen LogP contribution in [0.1, 0.15) is 26.1 Å². The summed E-state index contributed by atoms with van der Waals surface area (Å²) in [5, 5.41) is 12.4. The molecule has 0 aliphatic carbocycles. The highest BCUT2D eigenvalue weighted by molar-refractivity contribution is 5.31. The quantitative estimate of drug-likeness (QED) is 0.855. The minimum Gasteiger partial charge on any atom is -0.379 e. The molecule has 1 aromatic heterocycles. The Hall–Kier alpha value is -1.79. The zero-order valence-corrected chi connectivity index (χ0v) is 12.6. The topological polar surface area (TPSA) is 56.1 Å². The number of ether oxygens (including phenoxy) is 1. The molecule has 1 aromatic carbocycles. The summed E-state index contributed by atoms with van der Waals surface area (Å²) in [6.45, 7) is 7.74. The van der Waals surface area contributed by atoms with E-state index in [0.29, 0.717) is 0 Å². The van der Waals surface area contributed by atoms with Gasteiger partial charge in [-0.25, -0.2) is 0 Å². The first-order valence-electron chi connectivity index (χ1n) is 7.43. The van der Waals surface area contributed by atoms with Crippen LogP contribution in [0.25, 0.3) is 5.69 Å². The predicted octanol–water partition coefficient (Wildman–Crippen LogP) is 1.62. The van der Waals surface area contributed by atoms with Crippen molar-refractivity contribution < 1.29 is 4.74 Å². The van der Waals surface area contributed by atoms with Crippen LogP contribution >= 0.6 is 0 Å². The molecule has 0 N–H and O–H groups in total. The van der Waals surface area contributed by atoms with Crippen LogP contribution in [0.15, 0.2) is 30.3 Å².